The lowest BCUT2D eigenvalue weighted by Crippen LogP contribution is -2.18. The first kappa shape index (κ1) is 13.1. The van der Waals surface area contributed by atoms with Crippen LogP contribution in [0.2, 0.25) is 10.0 Å². The molecule has 0 saturated carbocycles. The summed E-state index contributed by atoms with van der Waals surface area (Å²) in [5.74, 6) is 0. The molecule has 0 atom stereocenters. The van der Waals surface area contributed by atoms with Crippen molar-refractivity contribution in [1.29, 1.82) is 0 Å². The van der Waals surface area contributed by atoms with Crippen LogP contribution in [-0.4, -0.2) is 7.05 Å². The van der Waals surface area contributed by atoms with E-state index in [1.54, 1.807) is 12.1 Å². The van der Waals surface area contributed by atoms with Gasteiger partial charge in [-0.05, 0) is 29.8 Å². The molecular formula is C14H14Cl2N2. The number of nitrogen functional groups attached to an aromatic ring is 1. The summed E-state index contributed by atoms with van der Waals surface area (Å²) in [4.78, 5) is 2.03. The van der Waals surface area contributed by atoms with Crippen LogP contribution in [-0.2, 0) is 6.54 Å². The summed E-state index contributed by atoms with van der Waals surface area (Å²) in [6.07, 6.45) is 0. The number of rotatable bonds is 3. The normalized spacial score (nSPS) is 10.4. The third-order valence-corrected chi connectivity index (χ3v) is 3.37. The fourth-order valence-corrected chi connectivity index (χ4v) is 2.18. The molecule has 0 aliphatic rings. The molecule has 0 aromatic heterocycles. The van der Waals surface area contributed by atoms with Crippen molar-refractivity contribution in [3.8, 4) is 0 Å². The number of anilines is 2. The molecule has 0 saturated heterocycles. The third-order valence-electron chi connectivity index (χ3n) is 2.77. The van der Waals surface area contributed by atoms with Gasteiger partial charge in [-0.1, -0.05) is 41.4 Å². The number of halogens is 2. The standard InChI is InChI=1S/C14H14Cl2N2/c1-18(9-10-4-2-3-5-12(10)16)14-8-11(15)6-7-13(14)17/h2-8H,9,17H2,1H3. The lowest BCUT2D eigenvalue weighted by molar-refractivity contribution is 0.925. The Kier molecular flexibility index (Phi) is 4.00. The van der Waals surface area contributed by atoms with E-state index in [0.717, 1.165) is 16.3 Å². The van der Waals surface area contributed by atoms with Gasteiger partial charge in [-0.25, -0.2) is 0 Å². The summed E-state index contributed by atoms with van der Waals surface area (Å²) in [6.45, 7) is 0.685. The van der Waals surface area contributed by atoms with Crippen molar-refractivity contribution in [3.05, 3.63) is 58.1 Å². The van der Waals surface area contributed by atoms with E-state index in [-0.39, 0.29) is 0 Å². The monoisotopic (exact) mass is 280 g/mol. The highest BCUT2D eigenvalue weighted by atomic mass is 35.5. The minimum atomic E-state index is 0.671. The molecule has 0 fully saturated rings. The Morgan fingerprint density at radius 2 is 1.83 bits per heavy atom. The number of benzene rings is 2. The maximum Gasteiger partial charge on any atom is 0.0615 e. The van der Waals surface area contributed by atoms with Gasteiger partial charge < -0.3 is 10.6 Å². The summed E-state index contributed by atoms with van der Waals surface area (Å²) in [5, 5.41) is 1.43. The Morgan fingerprint density at radius 1 is 1.11 bits per heavy atom. The first-order valence-electron chi connectivity index (χ1n) is 5.57. The van der Waals surface area contributed by atoms with E-state index in [0.29, 0.717) is 17.3 Å². The Balaban J connectivity index is 2.25. The maximum atomic E-state index is 6.14. The van der Waals surface area contributed by atoms with Gasteiger partial charge in [0.1, 0.15) is 0 Å². The van der Waals surface area contributed by atoms with E-state index < -0.39 is 0 Å². The maximum absolute atomic E-state index is 6.14. The molecule has 0 amide bonds. The fourth-order valence-electron chi connectivity index (χ4n) is 1.81. The molecule has 0 radical (unpaired) electrons. The van der Waals surface area contributed by atoms with E-state index >= 15 is 0 Å². The molecule has 94 valence electrons. The van der Waals surface area contributed by atoms with E-state index in [1.165, 1.54) is 0 Å². The molecule has 2 nitrogen and oxygen atoms in total. The molecule has 0 bridgehead atoms. The van der Waals surface area contributed by atoms with Gasteiger partial charge in [0.15, 0.2) is 0 Å². The van der Waals surface area contributed by atoms with Crippen molar-refractivity contribution < 1.29 is 0 Å². The first-order chi connectivity index (χ1) is 8.58. The van der Waals surface area contributed by atoms with E-state index in [2.05, 4.69) is 0 Å². The van der Waals surface area contributed by atoms with Crippen LogP contribution in [0.4, 0.5) is 11.4 Å². The van der Waals surface area contributed by atoms with Crippen LogP contribution in [0, 0.1) is 0 Å². The minimum absolute atomic E-state index is 0.671. The van der Waals surface area contributed by atoms with Gasteiger partial charge in [0.2, 0.25) is 0 Å². The number of nitrogens with two attached hydrogens (primary N) is 1. The molecular weight excluding hydrogens is 267 g/mol. The number of hydrogen-bond donors (Lipinski definition) is 1. The topological polar surface area (TPSA) is 29.3 Å². The van der Waals surface area contributed by atoms with Crippen LogP contribution in [0.15, 0.2) is 42.5 Å². The number of nitrogens with zero attached hydrogens (tertiary/aromatic N) is 1. The quantitative estimate of drug-likeness (QED) is 0.854. The molecule has 0 aliphatic heterocycles. The Bertz CT molecular complexity index is 555. The summed E-state index contributed by atoms with van der Waals surface area (Å²) in [6, 6.07) is 13.2. The number of hydrogen-bond acceptors (Lipinski definition) is 2. The van der Waals surface area contributed by atoms with Crippen LogP contribution in [0.5, 0.6) is 0 Å². The zero-order valence-corrected chi connectivity index (χ0v) is 11.5. The van der Waals surface area contributed by atoms with Crippen LogP contribution >= 0.6 is 23.2 Å². The smallest absolute Gasteiger partial charge is 0.0615 e. The Labute approximate surface area is 117 Å². The van der Waals surface area contributed by atoms with Crippen molar-refractivity contribution in [1.82, 2.24) is 0 Å². The molecule has 2 aromatic carbocycles. The Morgan fingerprint density at radius 3 is 2.56 bits per heavy atom. The van der Waals surface area contributed by atoms with Crippen LogP contribution < -0.4 is 10.6 Å². The summed E-state index contributed by atoms with van der Waals surface area (Å²) >= 11 is 12.1. The van der Waals surface area contributed by atoms with Gasteiger partial charge in [0.05, 0.1) is 11.4 Å². The molecule has 0 unspecified atom stereocenters. The highest BCUT2D eigenvalue weighted by Gasteiger charge is 2.08. The lowest BCUT2D eigenvalue weighted by atomic mass is 10.2. The van der Waals surface area contributed by atoms with E-state index in [1.807, 2.05) is 42.3 Å². The average Bonchev–Trinajstić information content (AvgIpc) is 2.35. The summed E-state index contributed by atoms with van der Waals surface area (Å²) < 4.78 is 0. The second-order valence-electron chi connectivity index (χ2n) is 4.15. The van der Waals surface area contributed by atoms with Gasteiger partial charge in [-0.15, -0.1) is 0 Å². The van der Waals surface area contributed by atoms with Gasteiger partial charge in [0.25, 0.3) is 0 Å². The van der Waals surface area contributed by atoms with Crippen molar-refractivity contribution in [3.63, 3.8) is 0 Å². The van der Waals surface area contributed by atoms with Gasteiger partial charge in [-0.2, -0.15) is 0 Å². The molecule has 0 spiro atoms. The molecule has 0 aliphatic carbocycles. The average molecular weight is 281 g/mol. The molecule has 0 heterocycles. The molecule has 2 N–H and O–H groups in total. The van der Waals surface area contributed by atoms with E-state index in [4.69, 9.17) is 28.9 Å². The highest BCUT2D eigenvalue weighted by molar-refractivity contribution is 6.31. The summed E-state index contributed by atoms with van der Waals surface area (Å²) in [7, 11) is 1.96. The fraction of sp³-hybridized carbons (Fsp3) is 0.143. The zero-order valence-electron chi connectivity index (χ0n) is 10.0. The van der Waals surface area contributed by atoms with Gasteiger partial charge in [0, 0.05) is 23.6 Å². The van der Waals surface area contributed by atoms with Crippen molar-refractivity contribution in [2.45, 2.75) is 6.54 Å². The van der Waals surface area contributed by atoms with E-state index in [9.17, 15) is 0 Å². The van der Waals surface area contributed by atoms with Crippen LogP contribution in [0.25, 0.3) is 0 Å². The van der Waals surface area contributed by atoms with Crippen LogP contribution in [0.1, 0.15) is 5.56 Å². The zero-order chi connectivity index (χ0) is 13.1. The van der Waals surface area contributed by atoms with Crippen molar-refractivity contribution in [2.24, 2.45) is 0 Å². The van der Waals surface area contributed by atoms with Gasteiger partial charge in [-0.3, -0.25) is 0 Å². The predicted octanol–water partition coefficient (Wildman–Crippen LogP) is 4.21. The second kappa shape index (κ2) is 5.51. The molecule has 2 aromatic rings. The van der Waals surface area contributed by atoms with Crippen LogP contribution in [0.3, 0.4) is 0 Å². The third kappa shape index (κ3) is 2.89. The largest absolute Gasteiger partial charge is 0.397 e. The Hall–Kier alpha value is -1.38. The highest BCUT2D eigenvalue weighted by Crippen LogP contribution is 2.28. The molecule has 2 rings (SSSR count). The second-order valence-corrected chi connectivity index (χ2v) is 4.99. The molecule has 18 heavy (non-hydrogen) atoms. The lowest BCUT2D eigenvalue weighted by Gasteiger charge is -2.22. The van der Waals surface area contributed by atoms with Crippen molar-refractivity contribution >= 4 is 34.6 Å². The minimum Gasteiger partial charge on any atom is -0.397 e. The summed E-state index contributed by atoms with van der Waals surface area (Å²) in [5.41, 5.74) is 8.61. The predicted molar refractivity (Wildman–Crippen MR) is 79.4 cm³/mol. The molecule has 4 heteroatoms. The first-order valence-corrected chi connectivity index (χ1v) is 6.33. The van der Waals surface area contributed by atoms with Gasteiger partial charge >= 0.3 is 0 Å². The SMILES string of the molecule is CN(Cc1ccccc1Cl)c1cc(Cl)ccc1N. The van der Waals surface area contributed by atoms with Crippen molar-refractivity contribution in [2.75, 3.05) is 17.7 Å².